The second-order valence-electron chi connectivity index (χ2n) is 5.16. The van der Waals surface area contributed by atoms with Crippen LogP contribution in [0.3, 0.4) is 0 Å². The van der Waals surface area contributed by atoms with E-state index >= 15 is 0 Å². The molecule has 0 aliphatic heterocycles. The monoisotopic (exact) mass is 309 g/mol. The molecular weight excluding hydrogens is 290 g/mol. The van der Waals surface area contributed by atoms with Gasteiger partial charge in [-0.1, -0.05) is 0 Å². The van der Waals surface area contributed by atoms with E-state index in [1.807, 2.05) is 0 Å². The number of nitrogens with zero attached hydrogens (tertiary/aromatic N) is 4. The molecule has 1 N–H and O–H groups in total. The molecule has 114 valence electrons. The van der Waals surface area contributed by atoms with E-state index in [0.29, 0.717) is 5.65 Å². The Morgan fingerprint density at radius 1 is 1.48 bits per heavy atom. The number of fused-ring (bicyclic) bond motifs is 1. The Balaban J connectivity index is 2.24. The van der Waals surface area contributed by atoms with Crippen molar-refractivity contribution in [2.75, 3.05) is 25.2 Å². The molecule has 0 spiro atoms. The van der Waals surface area contributed by atoms with Gasteiger partial charge in [-0.25, -0.2) is 14.6 Å². The van der Waals surface area contributed by atoms with Crippen LogP contribution in [0.4, 0.5) is 5.82 Å². The van der Waals surface area contributed by atoms with E-state index in [4.69, 9.17) is 0 Å². The van der Waals surface area contributed by atoms with Crippen molar-refractivity contribution in [3.8, 4) is 0 Å². The lowest BCUT2D eigenvalue weighted by atomic mass is 10.2. The fourth-order valence-electron chi connectivity index (χ4n) is 1.71. The normalized spacial score (nSPS) is 11.6. The third kappa shape index (κ3) is 3.63. The lowest BCUT2D eigenvalue weighted by Gasteiger charge is -2.22. The first kappa shape index (κ1) is 15.6. The predicted molar refractivity (Wildman–Crippen MR) is 83.4 cm³/mol. The molecule has 0 bridgehead atoms. The molecule has 0 fully saturated rings. The van der Waals surface area contributed by atoms with Crippen LogP contribution in [0, 0.1) is 0 Å². The van der Waals surface area contributed by atoms with E-state index in [-0.39, 0.29) is 17.3 Å². The molecule has 0 unspecified atom stereocenters. The van der Waals surface area contributed by atoms with E-state index in [9.17, 15) is 4.79 Å². The molecule has 0 aliphatic rings. The Morgan fingerprint density at radius 2 is 2.24 bits per heavy atom. The molecule has 0 saturated carbocycles. The number of ether oxygens (including phenoxy) is 1. The molecule has 8 heteroatoms. The van der Waals surface area contributed by atoms with E-state index in [0.717, 1.165) is 17.7 Å². The zero-order valence-corrected chi connectivity index (χ0v) is 13.4. The lowest BCUT2D eigenvalue weighted by Crippen LogP contribution is -2.26. The Labute approximate surface area is 127 Å². The standard InChI is InChI=1S/C13H19N5O2S/c1-13(2,21-4)7-14-11-9-5-17-18(6-10(19)20-3)12(9)16-8-15-11/h5,8H,6-7H2,1-4H3,(H,14,15,16). The van der Waals surface area contributed by atoms with Gasteiger partial charge in [0.2, 0.25) is 0 Å². The molecule has 0 amide bonds. The van der Waals surface area contributed by atoms with Crippen molar-refractivity contribution in [3.05, 3.63) is 12.5 Å². The molecule has 2 aromatic rings. The zero-order chi connectivity index (χ0) is 15.5. The van der Waals surface area contributed by atoms with Crippen LogP contribution in [0.5, 0.6) is 0 Å². The van der Waals surface area contributed by atoms with Crippen molar-refractivity contribution >= 4 is 34.6 Å². The molecule has 2 rings (SSSR count). The van der Waals surface area contributed by atoms with Gasteiger partial charge in [-0.05, 0) is 20.1 Å². The van der Waals surface area contributed by atoms with Crippen molar-refractivity contribution in [2.24, 2.45) is 0 Å². The SMILES string of the molecule is COC(=O)Cn1ncc2c(NCC(C)(C)SC)ncnc21. The summed E-state index contributed by atoms with van der Waals surface area (Å²) in [5.41, 5.74) is 0.611. The minimum absolute atomic E-state index is 0.0345. The quantitative estimate of drug-likeness (QED) is 0.811. The summed E-state index contributed by atoms with van der Waals surface area (Å²) in [4.78, 5) is 19.8. The number of anilines is 1. The minimum Gasteiger partial charge on any atom is -0.468 e. The Kier molecular flexibility index (Phi) is 4.66. The summed E-state index contributed by atoms with van der Waals surface area (Å²) < 4.78 is 6.25. The number of nitrogens with one attached hydrogen (secondary N) is 1. The number of hydrogen-bond donors (Lipinski definition) is 1. The minimum atomic E-state index is -0.364. The summed E-state index contributed by atoms with van der Waals surface area (Å²) in [6.45, 7) is 5.11. The average molecular weight is 309 g/mol. The van der Waals surface area contributed by atoms with E-state index in [1.54, 1.807) is 18.0 Å². The van der Waals surface area contributed by atoms with Crippen molar-refractivity contribution in [1.82, 2.24) is 19.7 Å². The van der Waals surface area contributed by atoms with Gasteiger partial charge in [0.05, 0.1) is 18.7 Å². The maximum Gasteiger partial charge on any atom is 0.327 e. The molecule has 21 heavy (non-hydrogen) atoms. The van der Waals surface area contributed by atoms with Crippen molar-refractivity contribution in [2.45, 2.75) is 25.1 Å². The van der Waals surface area contributed by atoms with E-state index in [1.165, 1.54) is 18.1 Å². The molecule has 7 nitrogen and oxygen atoms in total. The maximum absolute atomic E-state index is 11.4. The van der Waals surface area contributed by atoms with Crippen LogP contribution >= 0.6 is 11.8 Å². The maximum atomic E-state index is 11.4. The summed E-state index contributed by atoms with van der Waals surface area (Å²) >= 11 is 1.78. The number of carbonyl (C=O) groups excluding carboxylic acids is 1. The molecule has 0 radical (unpaired) electrons. The Morgan fingerprint density at radius 3 is 2.90 bits per heavy atom. The van der Waals surface area contributed by atoms with Gasteiger partial charge in [0, 0.05) is 11.3 Å². The van der Waals surface area contributed by atoms with Crippen LogP contribution in [0.2, 0.25) is 0 Å². The first-order chi connectivity index (χ1) is 9.96. The van der Waals surface area contributed by atoms with E-state index < -0.39 is 0 Å². The van der Waals surface area contributed by atoms with Crippen molar-refractivity contribution < 1.29 is 9.53 Å². The number of thioether (sulfide) groups is 1. The largest absolute Gasteiger partial charge is 0.468 e. The molecule has 2 aromatic heterocycles. The lowest BCUT2D eigenvalue weighted by molar-refractivity contribution is -0.141. The van der Waals surface area contributed by atoms with Gasteiger partial charge in [-0.3, -0.25) is 4.79 Å². The first-order valence-electron chi connectivity index (χ1n) is 6.49. The number of methoxy groups -OCH3 is 1. The summed E-state index contributed by atoms with van der Waals surface area (Å²) in [7, 11) is 1.35. The average Bonchev–Trinajstić information content (AvgIpc) is 2.89. The molecule has 0 aromatic carbocycles. The highest BCUT2D eigenvalue weighted by Crippen LogP contribution is 2.24. The topological polar surface area (TPSA) is 81.9 Å². The fourth-order valence-corrected chi connectivity index (χ4v) is 1.92. The van der Waals surface area contributed by atoms with Crippen molar-refractivity contribution in [3.63, 3.8) is 0 Å². The number of esters is 1. The fraction of sp³-hybridized carbons (Fsp3) is 0.538. The van der Waals surface area contributed by atoms with Crippen molar-refractivity contribution in [1.29, 1.82) is 0 Å². The second kappa shape index (κ2) is 6.30. The highest BCUT2D eigenvalue weighted by atomic mass is 32.2. The number of hydrogen-bond acceptors (Lipinski definition) is 7. The van der Waals surface area contributed by atoms with Crippen LogP contribution in [-0.4, -0.2) is 50.4 Å². The first-order valence-corrected chi connectivity index (χ1v) is 7.71. The number of carbonyl (C=O) groups is 1. The molecule has 0 saturated heterocycles. The molecule has 0 aliphatic carbocycles. The highest BCUT2D eigenvalue weighted by Gasteiger charge is 2.17. The highest BCUT2D eigenvalue weighted by molar-refractivity contribution is 7.99. The van der Waals surface area contributed by atoms with Gasteiger partial charge in [0.15, 0.2) is 5.65 Å². The van der Waals surface area contributed by atoms with Crippen LogP contribution in [0.15, 0.2) is 12.5 Å². The summed E-state index contributed by atoms with van der Waals surface area (Å²) in [5.74, 6) is 0.356. The van der Waals surface area contributed by atoms with Gasteiger partial charge < -0.3 is 10.1 Å². The molecule has 2 heterocycles. The smallest absolute Gasteiger partial charge is 0.327 e. The van der Waals surface area contributed by atoms with Gasteiger partial charge in [0.1, 0.15) is 18.7 Å². The van der Waals surface area contributed by atoms with Crippen LogP contribution < -0.4 is 5.32 Å². The van der Waals surface area contributed by atoms with Gasteiger partial charge in [-0.2, -0.15) is 16.9 Å². The van der Waals surface area contributed by atoms with Gasteiger partial charge in [-0.15, -0.1) is 0 Å². The summed E-state index contributed by atoms with van der Waals surface area (Å²) in [6, 6.07) is 0. The zero-order valence-electron chi connectivity index (χ0n) is 12.6. The van der Waals surface area contributed by atoms with Gasteiger partial charge in [0.25, 0.3) is 0 Å². The summed E-state index contributed by atoms with van der Waals surface area (Å²) in [5, 5.41) is 8.28. The summed E-state index contributed by atoms with van der Waals surface area (Å²) in [6.07, 6.45) is 5.20. The van der Waals surface area contributed by atoms with E-state index in [2.05, 4.69) is 45.2 Å². The third-order valence-electron chi connectivity index (χ3n) is 3.17. The Bertz CT molecular complexity index is 641. The third-order valence-corrected chi connectivity index (χ3v) is 4.42. The van der Waals surface area contributed by atoms with Crippen LogP contribution in [-0.2, 0) is 16.1 Å². The van der Waals surface area contributed by atoms with Gasteiger partial charge >= 0.3 is 5.97 Å². The van der Waals surface area contributed by atoms with Crippen LogP contribution in [0.1, 0.15) is 13.8 Å². The molecular formula is C13H19N5O2S. The van der Waals surface area contributed by atoms with Crippen LogP contribution in [0.25, 0.3) is 11.0 Å². The predicted octanol–water partition coefficient (Wildman–Crippen LogP) is 1.55. The Hall–Kier alpha value is -1.83. The molecule has 0 atom stereocenters. The number of aromatic nitrogens is 4. The second-order valence-corrected chi connectivity index (χ2v) is 6.67. The number of rotatable bonds is 6.